The van der Waals surface area contributed by atoms with Gasteiger partial charge in [0.1, 0.15) is 5.82 Å². The molecule has 0 saturated carbocycles. The summed E-state index contributed by atoms with van der Waals surface area (Å²) in [6.07, 6.45) is 1.80. The van der Waals surface area contributed by atoms with E-state index >= 15 is 0 Å². The van der Waals surface area contributed by atoms with Crippen LogP contribution in [0, 0.1) is 6.92 Å². The SMILES string of the molecule is Cc1cc(NCc2cccnc2OC(C)C)nc(Cl)n1. The van der Waals surface area contributed by atoms with Gasteiger partial charge in [-0.25, -0.2) is 15.0 Å². The Bertz CT molecular complexity index is 569. The summed E-state index contributed by atoms with van der Waals surface area (Å²) in [5, 5.41) is 3.43. The van der Waals surface area contributed by atoms with Gasteiger partial charge in [0.2, 0.25) is 11.2 Å². The Hall–Kier alpha value is -1.88. The fourth-order valence-corrected chi connectivity index (χ4v) is 1.92. The lowest BCUT2D eigenvalue weighted by Crippen LogP contribution is -2.11. The summed E-state index contributed by atoms with van der Waals surface area (Å²) in [4.78, 5) is 12.4. The van der Waals surface area contributed by atoms with Crippen LogP contribution in [0.5, 0.6) is 5.88 Å². The van der Waals surface area contributed by atoms with Crippen LogP contribution in [0.25, 0.3) is 0 Å². The molecule has 0 saturated heterocycles. The summed E-state index contributed by atoms with van der Waals surface area (Å²) < 4.78 is 5.67. The molecule has 2 aromatic heterocycles. The van der Waals surface area contributed by atoms with Crippen molar-refractivity contribution in [3.8, 4) is 5.88 Å². The zero-order chi connectivity index (χ0) is 14.5. The van der Waals surface area contributed by atoms with Gasteiger partial charge in [0.15, 0.2) is 0 Å². The van der Waals surface area contributed by atoms with Crippen LogP contribution in [0.3, 0.4) is 0 Å². The van der Waals surface area contributed by atoms with E-state index in [-0.39, 0.29) is 11.4 Å². The van der Waals surface area contributed by atoms with Crippen LogP contribution >= 0.6 is 11.6 Å². The van der Waals surface area contributed by atoms with Crippen molar-refractivity contribution in [2.24, 2.45) is 0 Å². The Balaban J connectivity index is 2.10. The number of hydrogen-bond donors (Lipinski definition) is 1. The lowest BCUT2D eigenvalue weighted by atomic mass is 10.2. The summed E-state index contributed by atoms with van der Waals surface area (Å²) in [5.74, 6) is 1.31. The zero-order valence-electron chi connectivity index (χ0n) is 11.7. The summed E-state index contributed by atoms with van der Waals surface area (Å²) in [6.45, 7) is 6.37. The number of anilines is 1. The van der Waals surface area contributed by atoms with Crippen LogP contribution in [0.2, 0.25) is 5.28 Å². The van der Waals surface area contributed by atoms with Gasteiger partial charge in [0.05, 0.1) is 6.10 Å². The summed E-state index contributed by atoms with van der Waals surface area (Å²) in [5.41, 5.74) is 1.78. The highest BCUT2D eigenvalue weighted by molar-refractivity contribution is 6.28. The van der Waals surface area contributed by atoms with Crippen molar-refractivity contribution < 1.29 is 4.74 Å². The molecule has 2 heterocycles. The molecule has 106 valence electrons. The molecule has 0 aliphatic carbocycles. The van der Waals surface area contributed by atoms with Crippen molar-refractivity contribution in [3.63, 3.8) is 0 Å². The van der Waals surface area contributed by atoms with Crippen LogP contribution in [-0.2, 0) is 6.54 Å². The molecule has 0 unspecified atom stereocenters. The second-order valence-corrected chi connectivity index (χ2v) is 4.99. The monoisotopic (exact) mass is 292 g/mol. The molecule has 0 amide bonds. The van der Waals surface area contributed by atoms with E-state index in [1.54, 1.807) is 6.20 Å². The van der Waals surface area contributed by atoms with Crippen molar-refractivity contribution in [2.75, 3.05) is 5.32 Å². The molecule has 0 fully saturated rings. The van der Waals surface area contributed by atoms with Crippen molar-refractivity contribution in [3.05, 3.63) is 40.9 Å². The van der Waals surface area contributed by atoms with Crippen LogP contribution < -0.4 is 10.1 Å². The predicted molar refractivity (Wildman–Crippen MR) is 79.1 cm³/mol. The second kappa shape index (κ2) is 6.52. The topological polar surface area (TPSA) is 59.9 Å². The third kappa shape index (κ3) is 4.06. The van der Waals surface area contributed by atoms with E-state index < -0.39 is 0 Å². The Labute approximate surface area is 123 Å². The quantitative estimate of drug-likeness (QED) is 0.857. The minimum absolute atomic E-state index is 0.0828. The highest BCUT2D eigenvalue weighted by Gasteiger charge is 2.07. The fraction of sp³-hybridized carbons (Fsp3) is 0.357. The number of pyridine rings is 1. The second-order valence-electron chi connectivity index (χ2n) is 4.65. The van der Waals surface area contributed by atoms with Gasteiger partial charge in [-0.1, -0.05) is 6.07 Å². The van der Waals surface area contributed by atoms with Gasteiger partial charge in [0.25, 0.3) is 0 Å². The largest absolute Gasteiger partial charge is 0.475 e. The van der Waals surface area contributed by atoms with Gasteiger partial charge in [-0.05, 0) is 38.4 Å². The van der Waals surface area contributed by atoms with E-state index in [1.807, 2.05) is 39.0 Å². The van der Waals surface area contributed by atoms with Crippen molar-refractivity contribution in [1.29, 1.82) is 0 Å². The normalized spacial score (nSPS) is 10.7. The van der Waals surface area contributed by atoms with Crippen LogP contribution in [0.4, 0.5) is 5.82 Å². The van der Waals surface area contributed by atoms with Gasteiger partial charge >= 0.3 is 0 Å². The molecule has 0 aliphatic heterocycles. The number of nitrogens with zero attached hydrogens (tertiary/aromatic N) is 3. The first-order valence-electron chi connectivity index (χ1n) is 6.40. The third-order valence-electron chi connectivity index (χ3n) is 2.48. The maximum Gasteiger partial charge on any atom is 0.224 e. The highest BCUT2D eigenvalue weighted by atomic mass is 35.5. The predicted octanol–water partition coefficient (Wildman–Crippen LogP) is 3.23. The van der Waals surface area contributed by atoms with E-state index in [1.165, 1.54) is 0 Å². The van der Waals surface area contributed by atoms with Crippen LogP contribution in [0.1, 0.15) is 25.1 Å². The first-order chi connectivity index (χ1) is 9.54. The number of rotatable bonds is 5. The Morgan fingerprint density at radius 3 is 2.85 bits per heavy atom. The highest BCUT2D eigenvalue weighted by Crippen LogP contribution is 2.18. The smallest absolute Gasteiger partial charge is 0.224 e. The van der Waals surface area contributed by atoms with E-state index in [2.05, 4.69) is 20.3 Å². The molecule has 2 rings (SSSR count). The van der Waals surface area contributed by atoms with E-state index in [4.69, 9.17) is 16.3 Å². The molecule has 1 N–H and O–H groups in total. The Kier molecular flexibility index (Phi) is 4.74. The van der Waals surface area contributed by atoms with Crippen LogP contribution in [0.15, 0.2) is 24.4 Å². The summed E-state index contributed by atoms with van der Waals surface area (Å²) >= 11 is 5.83. The first kappa shape index (κ1) is 14.5. The van der Waals surface area contributed by atoms with Gasteiger partial charge in [0, 0.05) is 30.1 Å². The molecule has 0 aliphatic rings. The molecular formula is C14H17ClN4O. The molecule has 0 atom stereocenters. The number of nitrogens with one attached hydrogen (secondary N) is 1. The molecule has 0 bridgehead atoms. The van der Waals surface area contributed by atoms with Gasteiger partial charge < -0.3 is 10.1 Å². The lowest BCUT2D eigenvalue weighted by molar-refractivity contribution is 0.230. The molecular weight excluding hydrogens is 276 g/mol. The lowest BCUT2D eigenvalue weighted by Gasteiger charge is -2.13. The van der Waals surface area contributed by atoms with E-state index in [9.17, 15) is 0 Å². The van der Waals surface area contributed by atoms with Crippen molar-refractivity contribution in [1.82, 2.24) is 15.0 Å². The maximum absolute atomic E-state index is 5.83. The molecule has 20 heavy (non-hydrogen) atoms. The fourth-order valence-electron chi connectivity index (χ4n) is 1.70. The maximum atomic E-state index is 5.83. The van der Waals surface area contributed by atoms with E-state index in [0.29, 0.717) is 18.2 Å². The number of aromatic nitrogens is 3. The number of ether oxygens (including phenoxy) is 1. The van der Waals surface area contributed by atoms with Gasteiger partial charge in [-0.3, -0.25) is 0 Å². The zero-order valence-corrected chi connectivity index (χ0v) is 12.5. The molecule has 5 nitrogen and oxygen atoms in total. The summed E-state index contributed by atoms with van der Waals surface area (Å²) in [7, 11) is 0. The molecule has 0 spiro atoms. The Morgan fingerprint density at radius 1 is 1.35 bits per heavy atom. The van der Waals surface area contributed by atoms with Crippen molar-refractivity contribution >= 4 is 17.4 Å². The third-order valence-corrected chi connectivity index (χ3v) is 2.65. The number of hydrogen-bond acceptors (Lipinski definition) is 5. The average Bonchev–Trinajstić information content (AvgIpc) is 2.36. The van der Waals surface area contributed by atoms with Gasteiger partial charge in [-0.15, -0.1) is 0 Å². The Morgan fingerprint density at radius 2 is 2.15 bits per heavy atom. The first-order valence-corrected chi connectivity index (χ1v) is 6.78. The standard InChI is InChI=1S/C14H17ClN4O/c1-9(2)20-13-11(5-4-6-16-13)8-17-12-7-10(3)18-14(15)19-12/h4-7,9H,8H2,1-3H3,(H,17,18,19). The van der Waals surface area contributed by atoms with Gasteiger partial charge in [-0.2, -0.15) is 0 Å². The molecule has 0 radical (unpaired) electrons. The molecule has 0 aromatic carbocycles. The molecule has 2 aromatic rings. The average molecular weight is 293 g/mol. The number of aryl methyl sites for hydroxylation is 1. The van der Waals surface area contributed by atoms with Crippen LogP contribution in [-0.4, -0.2) is 21.1 Å². The minimum atomic E-state index is 0.0828. The number of halogens is 1. The summed E-state index contributed by atoms with van der Waals surface area (Å²) in [6, 6.07) is 5.68. The molecule has 6 heteroatoms. The van der Waals surface area contributed by atoms with Crippen molar-refractivity contribution in [2.45, 2.75) is 33.4 Å². The van der Waals surface area contributed by atoms with E-state index in [0.717, 1.165) is 11.3 Å². The minimum Gasteiger partial charge on any atom is -0.475 e.